The predicted molar refractivity (Wildman–Crippen MR) is 82.0 cm³/mol. The molecule has 0 spiro atoms. The second-order valence-electron chi connectivity index (χ2n) is 5.66. The summed E-state index contributed by atoms with van der Waals surface area (Å²) in [6.07, 6.45) is 7.06. The lowest BCUT2D eigenvalue weighted by molar-refractivity contribution is -0.130. The minimum absolute atomic E-state index is 0.132. The molecule has 1 aliphatic heterocycles. The number of rotatable bonds is 2. The molecule has 0 aliphatic carbocycles. The van der Waals surface area contributed by atoms with Crippen LogP contribution in [0.2, 0.25) is 0 Å². The van der Waals surface area contributed by atoms with Crippen LogP contribution in [-0.4, -0.2) is 43.8 Å². The molecule has 0 saturated carbocycles. The number of carbonyl (C=O) groups is 1. The monoisotopic (exact) mass is 297 g/mol. The quantitative estimate of drug-likeness (QED) is 0.847. The number of hydrogen-bond donors (Lipinski definition) is 0. The van der Waals surface area contributed by atoms with E-state index in [9.17, 15) is 4.79 Å². The van der Waals surface area contributed by atoms with Crippen LogP contribution in [-0.2, 0) is 4.79 Å². The third-order valence-corrected chi connectivity index (χ3v) is 4.00. The van der Waals surface area contributed by atoms with Gasteiger partial charge in [0.1, 0.15) is 12.2 Å². The standard InChI is InChI=1S/C16H19N5O/c1-11-19-15(13-4-3-5-21(9-13)12(2)22)6-16(20-11)14-7-17-10-18-8-14/h6-8,10,13H,3-5,9H2,1-2H3/t13-/m0/s1. The Morgan fingerprint density at radius 1 is 1.27 bits per heavy atom. The highest BCUT2D eigenvalue weighted by molar-refractivity contribution is 5.73. The van der Waals surface area contributed by atoms with Gasteiger partial charge in [0, 0.05) is 49.6 Å². The summed E-state index contributed by atoms with van der Waals surface area (Å²) < 4.78 is 0. The molecule has 2 aromatic rings. The summed E-state index contributed by atoms with van der Waals surface area (Å²) in [4.78, 5) is 30.7. The summed E-state index contributed by atoms with van der Waals surface area (Å²) in [6.45, 7) is 5.09. The highest BCUT2D eigenvalue weighted by Gasteiger charge is 2.24. The molecule has 3 rings (SSSR count). The lowest BCUT2D eigenvalue weighted by Crippen LogP contribution is -2.37. The van der Waals surface area contributed by atoms with Gasteiger partial charge in [-0.2, -0.15) is 0 Å². The van der Waals surface area contributed by atoms with Crippen molar-refractivity contribution < 1.29 is 4.79 Å². The Kier molecular flexibility index (Phi) is 4.09. The van der Waals surface area contributed by atoms with Crippen molar-refractivity contribution in [2.24, 2.45) is 0 Å². The number of aryl methyl sites for hydroxylation is 1. The van der Waals surface area contributed by atoms with Crippen molar-refractivity contribution in [1.82, 2.24) is 24.8 Å². The molecule has 22 heavy (non-hydrogen) atoms. The van der Waals surface area contributed by atoms with Crippen molar-refractivity contribution in [2.45, 2.75) is 32.6 Å². The zero-order chi connectivity index (χ0) is 15.5. The molecule has 6 nitrogen and oxygen atoms in total. The van der Waals surface area contributed by atoms with E-state index in [1.54, 1.807) is 19.3 Å². The third-order valence-electron chi connectivity index (χ3n) is 4.00. The van der Waals surface area contributed by atoms with Crippen LogP contribution in [0.1, 0.15) is 37.2 Å². The first-order chi connectivity index (χ1) is 10.6. The predicted octanol–water partition coefficient (Wildman–Crippen LogP) is 1.97. The maximum absolute atomic E-state index is 11.6. The highest BCUT2D eigenvalue weighted by atomic mass is 16.2. The Morgan fingerprint density at radius 3 is 2.77 bits per heavy atom. The van der Waals surface area contributed by atoms with Crippen LogP contribution in [0.5, 0.6) is 0 Å². The Bertz CT molecular complexity index is 673. The fourth-order valence-corrected chi connectivity index (χ4v) is 2.88. The van der Waals surface area contributed by atoms with Crippen molar-refractivity contribution in [1.29, 1.82) is 0 Å². The van der Waals surface area contributed by atoms with E-state index in [0.29, 0.717) is 0 Å². The van der Waals surface area contributed by atoms with Gasteiger partial charge in [-0.05, 0) is 25.8 Å². The highest BCUT2D eigenvalue weighted by Crippen LogP contribution is 2.28. The van der Waals surface area contributed by atoms with E-state index in [0.717, 1.165) is 48.7 Å². The Morgan fingerprint density at radius 2 is 2.05 bits per heavy atom. The average molecular weight is 297 g/mol. The van der Waals surface area contributed by atoms with Crippen LogP contribution >= 0.6 is 0 Å². The second-order valence-corrected chi connectivity index (χ2v) is 5.66. The van der Waals surface area contributed by atoms with Gasteiger partial charge >= 0.3 is 0 Å². The summed E-state index contributed by atoms with van der Waals surface area (Å²) in [5.41, 5.74) is 2.72. The molecule has 1 fully saturated rings. The van der Waals surface area contributed by atoms with Gasteiger partial charge in [0.15, 0.2) is 0 Å². The van der Waals surface area contributed by atoms with Gasteiger partial charge < -0.3 is 4.90 Å². The summed E-state index contributed by atoms with van der Waals surface area (Å²) >= 11 is 0. The maximum Gasteiger partial charge on any atom is 0.219 e. The molecule has 0 unspecified atom stereocenters. The van der Waals surface area contributed by atoms with E-state index in [-0.39, 0.29) is 11.8 Å². The number of amides is 1. The fourth-order valence-electron chi connectivity index (χ4n) is 2.88. The van der Waals surface area contributed by atoms with Crippen LogP contribution < -0.4 is 0 Å². The lowest BCUT2D eigenvalue weighted by atomic mass is 9.93. The van der Waals surface area contributed by atoms with E-state index < -0.39 is 0 Å². The van der Waals surface area contributed by atoms with Crippen LogP contribution in [0.3, 0.4) is 0 Å². The van der Waals surface area contributed by atoms with Gasteiger partial charge in [-0.1, -0.05) is 0 Å². The lowest BCUT2D eigenvalue weighted by Gasteiger charge is -2.31. The minimum Gasteiger partial charge on any atom is -0.342 e. The molecule has 6 heteroatoms. The fraction of sp³-hybridized carbons (Fsp3) is 0.438. The molecular weight excluding hydrogens is 278 g/mol. The first-order valence-corrected chi connectivity index (χ1v) is 7.50. The summed E-state index contributed by atoms with van der Waals surface area (Å²) in [5, 5.41) is 0. The smallest absolute Gasteiger partial charge is 0.219 e. The van der Waals surface area contributed by atoms with E-state index in [1.807, 2.05) is 17.9 Å². The Labute approximate surface area is 129 Å². The minimum atomic E-state index is 0.132. The van der Waals surface area contributed by atoms with Gasteiger partial charge in [0.25, 0.3) is 0 Å². The zero-order valence-electron chi connectivity index (χ0n) is 12.9. The molecular formula is C16H19N5O. The maximum atomic E-state index is 11.6. The SMILES string of the molecule is CC(=O)N1CCC[C@H](c2cc(-c3cncnc3)nc(C)n2)C1. The summed E-state index contributed by atoms with van der Waals surface area (Å²) in [6, 6.07) is 2.00. The Hall–Kier alpha value is -2.37. The first-order valence-electron chi connectivity index (χ1n) is 7.50. The number of nitrogens with zero attached hydrogens (tertiary/aromatic N) is 5. The largest absolute Gasteiger partial charge is 0.342 e. The number of likely N-dealkylation sites (tertiary alicyclic amines) is 1. The van der Waals surface area contributed by atoms with Gasteiger partial charge in [-0.3, -0.25) is 4.79 Å². The molecule has 0 bridgehead atoms. The third kappa shape index (κ3) is 3.10. The van der Waals surface area contributed by atoms with Crippen LogP contribution in [0.25, 0.3) is 11.3 Å². The van der Waals surface area contributed by atoms with Gasteiger partial charge in [0.2, 0.25) is 5.91 Å². The number of piperidine rings is 1. The van der Waals surface area contributed by atoms with E-state index in [4.69, 9.17) is 0 Å². The normalized spacial score (nSPS) is 18.3. The van der Waals surface area contributed by atoms with Crippen LogP contribution in [0.15, 0.2) is 24.8 Å². The topological polar surface area (TPSA) is 71.9 Å². The van der Waals surface area contributed by atoms with Crippen LogP contribution in [0, 0.1) is 6.92 Å². The molecule has 0 aromatic carbocycles. The van der Waals surface area contributed by atoms with E-state index in [1.165, 1.54) is 6.33 Å². The van der Waals surface area contributed by atoms with Crippen molar-refractivity contribution in [2.75, 3.05) is 13.1 Å². The van der Waals surface area contributed by atoms with Gasteiger partial charge in [-0.25, -0.2) is 19.9 Å². The van der Waals surface area contributed by atoms with Gasteiger partial charge in [-0.15, -0.1) is 0 Å². The van der Waals surface area contributed by atoms with Crippen molar-refractivity contribution in [3.8, 4) is 11.3 Å². The molecule has 1 aliphatic rings. The zero-order valence-corrected chi connectivity index (χ0v) is 12.9. The second kappa shape index (κ2) is 6.17. The molecule has 0 N–H and O–H groups in total. The van der Waals surface area contributed by atoms with Gasteiger partial charge in [0.05, 0.1) is 5.69 Å². The Balaban J connectivity index is 1.91. The molecule has 0 radical (unpaired) electrons. The van der Waals surface area contributed by atoms with E-state index >= 15 is 0 Å². The molecule has 1 saturated heterocycles. The van der Waals surface area contributed by atoms with Crippen molar-refractivity contribution in [3.63, 3.8) is 0 Å². The molecule has 3 heterocycles. The summed E-state index contributed by atoms with van der Waals surface area (Å²) in [5.74, 6) is 1.13. The van der Waals surface area contributed by atoms with E-state index in [2.05, 4.69) is 19.9 Å². The number of hydrogen-bond acceptors (Lipinski definition) is 5. The number of carbonyl (C=O) groups excluding carboxylic acids is 1. The molecule has 2 aromatic heterocycles. The average Bonchev–Trinajstić information content (AvgIpc) is 2.55. The molecule has 1 atom stereocenters. The van der Waals surface area contributed by atoms with Crippen LogP contribution in [0.4, 0.5) is 0 Å². The first kappa shape index (κ1) is 14.6. The number of aromatic nitrogens is 4. The summed E-state index contributed by atoms with van der Waals surface area (Å²) in [7, 11) is 0. The molecule has 114 valence electrons. The van der Waals surface area contributed by atoms with Crippen molar-refractivity contribution >= 4 is 5.91 Å². The van der Waals surface area contributed by atoms with Crippen molar-refractivity contribution in [3.05, 3.63) is 36.3 Å². The molecule has 1 amide bonds.